The van der Waals surface area contributed by atoms with Gasteiger partial charge in [0.05, 0.1) is 5.97 Å². The minimum atomic E-state index is -1.02. The molecule has 5 heteroatoms. The van der Waals surface area contributed by atoms with E-state index in [0.717, 1.165) is 26.1 Å². The van der Waals surface area contributed by atoms with Crippen LogP contribution in [0.4, 0.5) is 0 Å². The summed E-state index contributed by atoms with van der Waals surface area (Å²) in [5.41, 5.74) is 0. The summed E-state index contributed by atoms with van der Waals surface area (Å²) in [5, 5.41) is 13.3. The third-order valence-electron chi connectivity index (χ3n) is 1.50. The molecule has 0 amide bonds. The standard InChI is InChI=1S/C8H18N2O2.Na/c1-3-4-9-5-6-10(2)7-8(11)12;/h9H,3-7H2,1-2H3,(H,11,12);/q;+1/p-1. The SMILES string of the molecule is CCCNCCN(C)CC(=O)[O-].[Na+]. The van der Waals surface area contributed by atoms with Gasteiger partial charge in [-0.2, -0.15) is 0 Å². The summed E-state index contributed by atoms with van der Waals surface area (Å²) in [5.74, 6) is -1.02. The Balaban J connectivity index is 0. The fraction of sp³-hybridized carbons (Fsp3) is 0.875. The summed E-state index contributed by atoms with van der Waals surface area (Å²) in [4.78, 5) is 11.8. The van der Waals surface area contributed by atoms with Crippen molar-refractivity contribution in [3.63, 3.8) is 0 Å². The van der Waals surface area contributed by atoms with E-state index >= 15 is 0 Å². The first-order valence-corrected chi connectivity index (χ1v) is 4.26. The molecule has 0 spiro atoms. The maximum Gasteiger partial charge on any atom is 1.00 e. The van der Waals surface area contributed by atoms with E-state index in [0.29, 0.717) is 0 Å². The van der Waals surface area contributed by atoms with Gasteiger partial charge in [0.25, 0.3) is 0 Å². The van der Waals surface area contributed by atoms with Gasteiger partial charge in [-0.15, -0.1) is 0 Å². The van der Waals surface area contributed by atoms with Gasteiger partial charge in [0.15, 0.2) is 0 Å². The van der Waals surface area contributed by atoms with E-state index in [-0.39, 0.29) is 36.1 Å². The Kier molecular flexibility index (Phi) is 12.8. The van der Waals surface area contributed by atoms with Crippen molar-refractivity contribution in [3.8, 4) is 0 Å². The molecule has 0 aliphatic heterocycles. The van der Waals surface area contributed by atoms with Crippen molar-refractivity contribution < 1.29 is 39.5 Å². The van der Waals surface area contributed by atoms with Crippen molar-refractivity contribution in [2.24, 2.45) is 0 Å². The number of carboxylic acid groups (broad SMARTS) is 1. The van der Waals surface area contributed by atoms with Crippen LogP contribution in [0.2, 0.25) is 0 Å². The molecule has 0 aliphatic carbocycles. The van der Waals surface area contributed by atoms with E-state index in [1.807, 2.05) is 0 Å². The molecule has 0 heterocycles. The molecule has 13 heavy (non-hydrogen) atoms. The van der Waals surface area contributed by atoms with Crippen LogP contribution in [-0.2, 0) is 4.79 Å². The first-order chi connectivity index (χ1) is 5.66. The third kappa shape index (κ3) is 12.4. The van der Waals surface area contributed by atoms with Gasteiger partial charge < -0.3 is 15.2 Å². The van der Waals surface area contributed by atoms with E-state index in [4.69, 9.17) is 0 Å². The zero-order valence-electron chi connectivity index (χ0n) is 8.80. The van der Waals surface area contributed by atoms with Crippen molar-refractivity contribution in [3.05, 3.63) is 0 Å². The van der Waals surface area contributed by atoms with Gasteiger partial charge in [0.1, 0.15) is 0 Å². The van der Waals surface area contributed by atoms with E-state index in [2.05, 4.69) is 12.2 Å². The second-order valence-electron chi connectivity index (χ2n) is 2.86. The Morgan fingerprint density at radius 1 is 1.46 bits per heavy atom. The van der Waals surface area contributed by atoms with Gasteiger partial charge in [-0.25, -0.2) is 0 Å². The monoisotopic (exact) mass is 196 g/mol. The number of likely N-dealkylation sites (N-methyl/N-ethyl adjacent to an activating group) is 1. The molecule has 1 N–H and O–H groups in total. The van der Waals surface area contributed by atoms with Crippen LogP contribution in [0.25, 0.3) is 0 Å². The molecule has 0 atom stereocenters. The Morgan fingerprint density at radius 2 is 2.08 bits per heavy atom. The molecular weight excluding hydrogens is 179 g/mol. The van der Waals surface area contributed by atoms with Crippen LogP contribution in [0.15, 0.2) is 0 Å². The van der Waals surface area contributed by atoms with Crippen LogP contribution in [0.3, 0.4) is 0 Å². The van der Waals surface area contributed by atoms with Gasteiger partial charge >= 0.3 is 29.6 Å². The van der Waals surface area contributed by atoms with E-state index in [9.17, 15) is 9.90 Å². The van der Waals surface area contributed by atoms with Crippen LogP contribution in [-0.4, -0.2) is 44.1 Å². The Bertz CT molecular complexity index is 133. The number of carboxylic acids is 1. The number of nitrogens with one attached hydrogen (secondary N) is 1. The average Bonchev–Trinajstić information content (AvgIpc) is 1.97. The van der Waals surface area contributed by atoms with Crippen molar-refractivity contribution in [2.45, 2.75) is 13.3 Å². The van der Waals surface area contributed by atoms with E-state index < -0.39 is 5.97 Å². The molecule has 72 valence electrons. The first kappa shape index (κ1) is 15.8. The van der Waals surface area contributed by atoms with Crippen molar-refractivity contribution >= 4 is 5.97 Å². The van der Waals surface area contributed by atoms with E-state index in [1.54, 1.807) is 11.9 Å². The molecule has 0 radical (unpaired) electrons. The number of nitrogens with zero attached hydrogens (tertiary/aromatic N) is 1. The normalized spacial score (nSPS) is 9.77. The quantitative estimate of drug-likeness (QED) is 0.330. The molecule has 0 unspecified atom stereocenters. The van der Waals surface area contributed by atoms with Crippen LogP contribution in [0.5, 0.6) is 0 Å². The summed E-state index contributed by atoms with van der Waals surface area (Å²) < 4.78 is 0. The largest absolute Gasteiger partial charge is 1.00 e. The molecule has 0 aromatic carbocycles. The zero-order valence-corrected chi connectivity index (χ0v) is 10.8. The molecule has 0 aliphatic rings. The fourth-order valence-corrected chi connectivity index (χ4v) is 0.871. The molecule has 0 bridgehead atoms. The maximum absolute atomic E-state index is 10.1. The van der Waals surface area contributed by atoms with Gasteiger partial charge in [0.2, 0.25) is 0 Å². The molecule has 0 aromatic rings. The number of hydrogen-bond donors (Lipinski definition) is 1. The minimum Gasteiger partial charge on any atom is -0.549 e. The summed E-state index contributed by atoms with van der Waals surface area (Å²) in [7, 11) is 1.77. The number of carbonyl (C=O) groups excluding carboxylic acids is 1. The molecule has 0 saturated carbocycles. The predicted molar refractivity (Wildman–Crippen MR) is 45.7 cm³/mol. The second-order valence-corrected chi connectivity index (χ2v) is 2.86. The Morgan fingerprint density at radius 3 is 2.54 bits per heavy atom. The Hall–Kier alpha value is 0.390. The number of hydrogen-bond acceptors (Lipinski definition) is 4. The summed E-state index contributed by atoms with van der Waals surface area (Å²) >= 11 is 0. The van der Waals surface area contributed by atoms with Crippen LogP contribution in [0, 0.1) is 0 Å². The number of rotatable bonds is 7. The van der Waals surface area contributed by atoms with Crippen molar-refractivity contribution in [1.29, 1.82) is 0 Å². The molecule has 0 aromatic heterocycles. The van der Waals surface area contributed by atoms with Crippen molar-refractivity contribution in [1.82, 2.24) is 10.2 Å². The molecule has 0 fully saturated rings. The van der Waals surface area contributed by atoms with Gasteiger partial charge in [-0.1, -0.05) is 6.92 Å². The average molecular weight is 196 g/mol. The van der Waals surface area contributed by atoms with Crippen LogP contribution < -0.4 is 40.0 Å². The number of aliphatic carboxylic acids is 1. The maximum atomic E-state index is 10.1. The minimum absolute atomic E-state index is 0. The van der Waals surface area contributed by atoms with E-state index in [1.165, 1.54) is 0 Å². The molecular formula is C8H17N2NaO2. The first-order valence-electron chi connectivity index (χ1n) is 4.26. The van der Waals surface area contributed by atoms with Gasteiger partial charge in [0, 0.05) is 19.6 Å². The zero-order chi connectivity index (χ0) is 9.40. The Labute approximate surface area is 102 Å². The summed E-state index contributed by atoms with van der Waals surface area (Å²) in [6, 6.07) is 0. The van der Waals surface area contributed by atoms with Gasteiger partial charge in [-0.05, 0) is 20.0 Å². The molecule has 0 rings (SSSR count). The van der Waals surface area contributed by atoms with Crippen LogP contribution in [0.1, 0.15) is 13.3 Å². The predicted octanol–water partition coefficient (Wildman–Crippen LogP) is -4.33. The summed E-state index contributed by atoms with van der Waals surface area (Å²) in [6.07, 6.45) is 1.10. The fourth-order valence-electron chi connectivity index (χ4n) is 0.871. The van der Waals surface area contributed by atoms with Gasteiger partial charge in [-0.3, -0.25) is 4.90 Å². The topological polar surface area (TPSA) is 55.4 Å². The van der Waals surface area contributed by atoms with Crippen LogP contribution >= 0.6 is 0 Å². The molecule has 0 saturated heterocycles. The smallest absolute Gasteiger partial charge is 0.549 e. The number of carbonyl (C=O) groups is 1. The summed E-state index contributed by atoms with van der Waals surface area (Å²) in [6.45, 7) is 4.66. The van der Waals surface area contributed by atoms with Crippen molar-refractivity contribution in [2.75, 3.05) is 33.2 Å². The second kappa shape index (κ2) is 10.5. The molecule has 4 nitrogen and oxygen atoms in total. The third-order valence-corrected chi connectivity index (χ3v) is 1.50.